The quantitative estimate of drug-likeness (QED) is 0.839. The van der Waals surface area contributed by atoms with Crippen molar-refractivity contribution in [1.82, 2.24) is 14.5 Å². The number of aryl methyl sites for hydroxylation is 1. The maximum atomic E-state index is 4.42. The fourth-order valence-corrected chi connectivity index (χ4v) is 3.27. The summed E-state index contributed by atoms with van der Waals surface area (Å²) in [4.78, 5) is 7.01. The lowest BCUT2D eigenvalue weighted by Crippen LogP contribution is -2.34. The minimum Gasteiger partial charge on any atom is -0.335 e. The predicted octanol–water partition coefficient (Wildman–Crippen LogP) is 3.36. The summed E-state index contributed by atoms with van der Waals surface area (Å²) < 4.78 is 2.34. The second-order valence-electron chi connectivity index (χ2n) is 6.05. The lowest BCUT2D eigenvalue weighted by Gasteiger charge is -2.32. The fraction of sp³-hybridized carbons (Fsp3) is 0.500. The second-order valence-corrected chi connectivity index (χ2v) is 6.05. The van der Waals surface area contributed by atoms with Gasteiger partial charge in [-0.2, -0.15) is 0 Å². The average molecular weight is 283 g/mol. The van der Waals surface area contributed by atoms with Crippen LogP contribution in [0.4, 0.5) is 0 Å². The Morgan fingerprint density at radius 3 is 2.62 bits per heavy atom. The van der Waals surface area contributed by atoms with Gasteiger partial charge in [0.15, 0.2) is 0 Å². The van der Waals surface area contributed by atoms with E-state index < -0.39 is 0 Å². The van der Waals surface area contributed by atoms with Crippen molar-refractivity contribution in [3.63, 3.8) is 0 Å². The topological polar surface area (TPSA) is 21.1 Å². The molecule has 1 saturated heterocycles. The van der Waals surface area contributed by atoms with Crippen LogP contribution in [0, 0.1) is 5.92 Å². The Labute approximate surface area is 127 Å². The smallest absolute Gasteiger partial charge is 0.108 e. The molecule has 21 heavy (non-hydrogen) atoms. The number of hydrogen-bond acceptors (Lipinski definition) is 2. The van der Waals surface area contributed by atoms with Gasteiger partial charge in [-0.05, 0) is 37.4 Å². The molecule has 1 aromatic carbocycles. The van der Waals surface area contributed by atoms with Crippen LogP contribution >= 0.6 is 0 Å². The molecule has 1 aliphatic heterocycles. The Kier molecular flexibility index (Phi) is 4.71. The molecular weight excluding hydrogens is 258 g/mol. The number of nitrogens with zero attached hydrogens (tertiary/aromatic N) is 3. The molecule has 1 aliphatic rings. The van der Waals surface area contributed by atoms with E-state index in [9.17, 15) is 0 Å². The Morgan fingerprint density at radius 1 is 1.14 bits per heavy atom. The summed E-state index contributed by atoms with van der Waals surface area (Å²) in [6.45, 7) is 6.86. The second kappa shape index (κ2) is 6.90. The number of rotatable bonds is 5. The molecule has 2 aromatic rings. The Morgan fingerprint density at radius 2 is 1.90 bits per heavy atom. The van der Waals surface area contributed by atoms with Crippen molar-refractivity contribution >= 4 is 0 Å². The number of aromatic nitrogens is 2. The summed E-state index contributed by atoms with van der Waals surface area (Å²) in [6, 6.07) is 10.8. The highest BCUT2D eigenvalue weighted by molar-refractivity contribution is 5.14. The van der Waals surface area contributed by atoms with Crippen LogP contribution in [0.2, 0.25) is 0 Å². The van der Waals surface area contributed by atoms with E-state index in [4.69, 9.17) is 0 Å². The van der Waals surface area contributed by atoms with Crippen LogP contribution in [0.3, 0.4) is 0 Å². The van der Waals surface area contributed by atoms with Gasteiger partial charge in [-0.1, -0.05) is 37.3 Å². The minimum atomic E-state index is 0.802. The molecule has 112 valence electrons. The molecule has 0 radical (unpaired) electrons. The number of hydrogen-bond donors (Lipinski definition) is 0. The minimum absolute atomic E-state index is 0.802. The summed E-state index contributed by atoms with van der Waals surface area (Å²) in [5, 5.41) is 0. The highest BCUT2D eigenvalue weighted by Crippen LogP contribution is 2.21. The van der Waals surface area contributed by atoms with E-state index in [1.807, 2.05) is 6.20 Å². The van der Waals surface area contributed by atoms with Gasteiger partial charge in [0.25, 0.3) is 0 Å². The molecule has 3 nitrogen and oxygen atoms in total. The van der Waals surface area contributed by atoms with Gasteiger partial charge in [0.2, 0.25) is 0 Å². The van der Waals surface area contributed by atoms with Gasteiger partial charge >= 0.3 is 0 Å². The molecule has 3 rings (SSSR count). The molecular formula is C18H25N3. The lowest BCUT2D eigenvalue weighted by atomic mass is 9.96. The molecule has 0 atom stereocenters. The third kappa shape index (κ3) is 3.73. The van der Waals surface area contributed by atoms with E-state index in [-0.39, 0.29) is 0 Å². The van der Waals surface area contributed by atoms with Crippen molar-refractivity contribution in [2.24, 2.45) is 5.92 Å². The van der Waals surface area contributed by atoms with Crippen molar-refractivity contribution in [2.75, 3.05) is 13.1 Å². The van der Waals surface area contributed by atoms with Crippen LogP contribution in [-0.2, 0) is 19.5 Å². The van der Waals surface area contributed by atoms with Gasteiger partial charge in [0.1, 0.15) is 5.82 Å². The summed E-state index contributed by atoms with van der Waals surface area (Å²) in [5.74, 6) is 2.03. The highest BCUT2D eigenvalue weighted by Gasteiger charge is 2.20. The summed E-state index contributed by atoms with van der Waals surface area (Å²) >= 11 is 0. The Hall–Kier alpha value is -1.61. The standard InChI is InChI=1S/C18H25N3/c1-2-18-19-10-13-21(18)15-17-8-11-20(12-9-17)14-16-6-4-3-5-7-16/h3-7,10,13,17H,2,8-9,11-12,14-15H2,1H3. The van der Waals surface area contributed by atoms with E-state index in [0.29, 0.717) is 0 Å². The van der Waals surface area contributed by atoms with Gasteiger partial charge in [-0.25, -0.2) is 4.98 Å². The molecule has 0 amide bonds. The van der Waals surface area contributed by atoms with Crippen LogP contribution in [0.1, 0.15) is 31.2 Å². The van der Waals surface area contributed by atoms with Crippen LogP contribution in [0.5, 0.6) is 0 Å². The van der Waals surface area contributed by atoms with Gasteiger partial charge < -0.3 is 4.57 Å². The maximum absolute atomic E-state index is 4.42. The van der Waals surface area contributed by atoms with Crippen molar-refractivity contribution < 1.29 is 0 Å². The third-order valence-electron chi connectivity index (χ3n) is 4.53. The van der Waals surface area contributed by atoms with E-state index in [1.165, 1.54) is 37.3 Å². The molecule has 3 heteroatoms. The van der Waals surface area contributed by atoms with Crippen LogP contribution in [-0.4, -0.2) is 27.5 Å². The van der Waals surface area contributed by atoms with E-state index in [2.05, 4.69) is 57.9 Å². The summed E-state index contributed by atoms with van der Waals surface area (Å²) in [6.07, 6.45) is 7.70. The first kappa shape index (κ1) is 14.3. The molecule has 0 N–H and O–H groups in total. The van der Waals surface area contributed by atoms with Crippen molar-refractivity contribution in [1.29, 1.82) is 0 Å². The number of likely N-dealkylation sites (tertiary alicyclic amines) is 1. The van der Waals surface area contributed by atoms with Gasteiger partial charge in [0.05, 0.1) is 0 Å². The zero-order chi connectivity index (χ0) is 14.5. The first-order chi connectivity index (χ1) is 10.3. The first-order valence-corrected chi connectivity index (χ1v) is 8.11. The Balaban J connectivity index is 1.49. The average Bonchev–Trinajstić information content (AvgIpc) is 2.97. The van der Waals surface area contributed by atoms with E-state index in [0.717, 1.165) is 25.4 Å². The zero-order valence-corrected chi connectivity index (χ0v) is 12.9. The molecule has 1 fully saturated rings. The SMILES string of the molecule is CCc1nccn1CC1CCN(Cc2ccccc2)CC1. The molecule has 0 aliphatic carbocycles. The van der Waals surface area contributed by atoms with Crippen molar-refractivity contribution in [3.8, 4) is 0 Å². The van der Waals surface area contributed by atoms with Gasteiger partial charge in [-0.3, -0.25) is 4.90 Å². The molecule has 0 bridgehead atoms. The third-order valence-corrected chi connectivity index (χ3v) is 4.53. The fourth-order valence-electron chi connectivity index (χ4n) is 3.27. The van der Waals surface area contributed by atoms with Gasteiger partial charge in [0, 0.05) is 31.9 Å². The first-order valence-electron chi connectivity index (χ1n) is 8.11. The maximum Gasteiger partial charge on any atom is 0.108 e. The zero-order valence-electron chi connectivity index (χ0n) is 12.9. The number of benzene rings is 1. The molecule has 2 heterocycles. The number of piperidine rings is 1. The molecule has 0 spiro atoms. The number of imidazole rings is 1. The largest absolute Gasteiger partial charge is 0.335 e. The monoisotopic (exact) mass is 283 g/mol. The summed E-state index contributed by atoms with van der Waals surface area (Å²) in [5.41, 5.74) is 1.43. The Bertz CT molecular complexity index is 539. The van der Waals surface area contributed by atoms with E-state index >= 15 is 0 Å². The highest BCUT2D eigenvalue weighted by atomic mass is 15.1. The predicted molar refractivity (Wildman–Crippen MR) is 86.0 cm³/mol. The van der Waals surface area contributed by atoms with Crippen molar-refractivity contribution in [3.05, 3.63) is 54.1 Å². The summed E-state index contributed by atoms with van der Waals surface area (Å²) in [7, 11) is 0. The van der Waals surface area contributed by atoms with Crippen LogP contribution in [0.15, 0.2) is 42.7 Å². The normalized spacial score (nSPS) is 17.2. The van der Waals surface area contributed by atoms with E-state index in [1.54, 1.807) is 0 Å². The lowest BCUT2D eigenvalue weighted by molar-refractivity contribution is 0.166. The van der Waals surface area contributed by atoms with Gasteiger partial charge in [-0.15, -0.1) is 0 Å². The molecule has 1 aromatic heterocycles. The van der Waals surface area contributed by atoms with Crippen molar-refractivity contribution in [2.45, 2.75) is 39.3 Å². The van der Waals surface area contributed by atoms with Crippen LogP contribution in [0.25, 0.3) is 0 Å². The molecule has 0 unspecified atom stereocenters. The van der Waals surface area contributed by atoms with Crippen LogP contribution < -0.4 is 0 Å². The molecule has 0 saturated carbocycles.